The Balaban J connectivity index is 1.93. The molecule has 0 aromatic heterocycles. The Bertz CT molecular complexity index is 288. The molecular weight excluding hydrogens is 180 g/mol. The second-order valence-electron chi connectivity index (χ2n) is 5.15. The van der Waals surface area contributed by atoms with Crippen LogP contribution in [0.1, 0.15) is 33.1 Å². The standard InChI is InChI=1S/C11H16O3/c1-6-4-11-5-8(7(6)2)13-9(11)3-10(12)14-11/h6-9H,3-5H2,1-2H3/t6-,7-,8+,9?,11+/m1/s1. The molecule has 3 rings (SSSR count). The third-order valence-corrected chi connectivity index (χ3v) is 4.29. The summed E-state index contributed by atoms with van der Waals surface area (Å²) < 4.78 is 11.4. The Morgan fingerprint density at radius 1 is 1.36 bits per heavy atom. The molecule has 1 unspecified atom stereocenters. The molecule has 0 amide bonds. The van der Waals surface area contributed by atoms with E-state index in [0.29, 0.717) is 24.4 Å². The molecule has 2 saturated heterocycles. The van der Waals surface area contributed by atoms with Gasteiger partial charge in [0.2, 0.25) is 0 Å². The fourth-order valence-electron chi connectivity index (χ4n) is 3.28. The first kappa shape index (κ1) is 8.72. The van der Waals surface area contributed by atoms with Gasteiger partial charge in [0.1, 0.15) is 11.7 Å². The molecule has 5 atom stereocenters. The van der Waals surface area contributed by atoms with Gasteiger partial charge in [-0.05, 0) is 18.3 Å². The van der Waals surface area contributed by atoms with E-state index in [4.69, 9.17) is 9.47 Å². The van der Waals surface area contributed by atoms with Gasteiger partial charge in [0.15, 0.2) is 0 Å². The number of fused-ring (bicyclic) bond motifs is 1. The van der Waals surface area contributed by atoms with E-state index in [9.17, 15) is 4.79 Å². The van der Waals surface area contributed by atoms with Crippen molar-refractivity contribution in [3.63, 3.8) is 0 Å². The first-order chi connectivity index (χ1) is 6.61. The van der Waals surface area contributed by atoms with E-state index < -0.39 is 0 Å². The van der Waals surface area contributed by atoms with Crippen molar-refractivity contribution in [3.8, 4) is 0 Å². The SMILES string of the molecule is C[C@@H]1[C@H](C)C[C@]23C[C@@H]1OC2CC(=O)O3. The molecule has 1 spiro atoms. The highest BCUT2D eigenvalue weighted by Crippen LogP contribution is 2.52. The Kier molecular flexibility index (Phi) is 1.56. The second kappa shape index (κ2) is 2.51. The molecule has 0 aromatic rings. The van der Waals surface area contributed by atoms with Gasteiger partial charge in [-0.2, -0.15) is 0 Å². The van der Waals surface area contributed by atoms with Crippen molar-refractivity contribution in [2.75, 3.05) is 0 Å². The molecule has 3 heteroatoms. The molecule has 2 bridgehead atoms. The zero-order valence-electron chi connectivity index (χ0n) is 8.66. The summed E-state index contributed by atoms with van der Waals surface area (Å²) in [4.78, 5) is 11.2. The normalized spacial score (nSPS) is 55.7. The van der Waals surface area contributed by atoms with Crippen LogP contribution < -0.4 is 0 Å². The highest BCUT2D eigenvalue weighted by atomic mass is 16.6. The van der Waals surface area contributed by atoms with Gasteiger partial charge < -0.3 is 9.47 Å². The highest BCUT2D eigenvalue weighted by molar-refractivity contribution is 5.73. The zero-order chi connectivity index (χ0) is 9.92. The zero-order valence-corrected chi connectivity index (χ0v) is 8.66. The molecular formula is C11H16O3. The number of hydrogen-bond donors (Lipinski definition) is 0. The molecule has 78 valence electrons. The van der Waals surface area contributed by atoms with Crippen molar-refractivity contribution in [2.45, 2.75) is 50.9 Å². The Morgan fingerprint density at radius 3 is 2.93 bits per heavy atom. The monoisotopic (exact) mass is 196 g/mol. The van der Waals surface area contributed by atoms with E-state index in [2.05, 4.69) is 13.8 Å². The lowest BCUT2D eigenvalue weighted by Crippen LogP contribution is -2.42. The van der Waals surface area contributed by atoms with Crippen LogP contribution in [0.4, 0.5) is 0 Å². The number of esters is 1. The van der Waals surface area contributed by atoms with E-state index in [1.807, 2.05) is 0 Å². The maximum atomic E-state index is 11.2. The summed E-state index contributed by atoms with van der Waals surface area (Å²) in [7, 11) is 0. The van der Waals surface area contributed by atoms with Crippen LogP contribution in [-0.4, -0.2) is 23.8 Å². The Hall–Kier alpha value is -0.570. The number of carbonyl (C=O) groups is 1. The van der Waals surface area contributed by atoms with E-state index in [-0.39, 0.29) is 17.7 Å². The first-order valence-corrected chi connectivity index (χ1v) is 5.48. The molecule has 1 saturated carbocycles. The van der Waals surface area contributed by atoms with Gasteiger partial charge in [-0.1, -0.05) is 13.8 Å². The first-order valence-electron chi connectivity index (χ1n) is 5.48. The van der Waals surface area contributed by atoms with Crippen LogP contribution in [0.5, 0.6) is 0 Å². The molecule has 3 nitrogen and oxygen atoms in total. The molecule has 0 aromatic carbocycles. The summed E-state index contributed by atoms with van der Waals surface area (Å²) in [6, 6.07) is 0. The van der Waals surface area contributed by atoms with Crippen LogP contribution in [0.25, 0.3) is 0 Å². The summed E-state index contributed by atoms with van der Waals surface area (Å²) in [5.41, 5.74) is -0.242. The predicted octanol–water partition coefficient (Wildman–Crippen LogP) is 1.51. The van der Waals surface area contributed by atoms with Gasteiger partial charge in [-0.15, -0.1) is 0 Å². The highest BCUT2D eigenvalue weighted by Gasteiger charge is 2.61. The van der Waals surface area contributed by atoms with Crippen molar-refractivity contribution in [1.29, 1.82) is 0 Å². The molecule has 0 radical (unpaired) electrons. The number of rotatable bonds is 0. The van der Waals surface area contributed by atoms with Gasteiger partial charge in [-0.3, -0.25) is 4.79 Å². The van der Waals surface area contributed by atoms with Gasteiger partial charge in [0.05, 0.1) is 12.5 Å². The molecule has 3 fully saturated rings. The maximum absolute atomic E-state index is 11.2. The van der Waals surface area contributed by atoms with Crippen LogP contribution in [-0.2, 0) is 14.3 Å². The van der Waals surface area contributed by atoms with Crippen molar-refractivity contribution >= 4 is 5.97 Å². The average Bonchev–Trinajstić information content (AvgIpc) is 2.51. The minimum Gasteiger partial charge on any atom is -0.456 e. The van der Waals surface area contributed by atoms with Gasteiger partial charge in [0.25, 0.3) is 0 Å². The summed E-state index contributed by atoms with van der Waals surface area (Å²) >= 11 is 0. The average molecular weight is 196 g/mol. The second-order valence-corrected chi connectivity index (χ2v) is 5.15. The largest absolute Gasteiger partial charge is 0.456 e. The molecule has 1 aliphatic carbocycles. The van der Waals surface area contributed by atoms with Gasteiger partial charge in [-0.25, -0.2) is 0 Å². The van der Waals surface area contributed by atoms with Crippen LogP contribution >= 0.6 is 0 Å². The maximum Gasteiger partial charge on any atom is 0.309 e. The van der Waals surface area contributed by atoms with Crippen LogP contribution in [0.2, 0.25) is 0 Å². The van der Waals surface area contributed by atoms with Gasteiger partial charge in [0, 0.05) is 6.42 Å². The molecule has 3 aliphatic rings. The predicted molar refractivity (Wildman–Crippen MR) is 49.7 cm³/mol. The third kappa shape index (κ3) is 0.937. The van der Waals surface area contributed by atoms with Crippen molar-refractivity contribution < 1.29 is 14.3 Å². The minimum absolute atomic E-state index is 0.0485. The number of hydrogen-bond acceptors (Lipinski definition) is 3. The Labute approximate surface area is 83.8 Å². The molecule has 14 heavy (non-hydrogen) atoms. The lowest BCUT2D eigenvalue weighted by atomic mass is 9.72. The summed E-state index contributed by atoms with van der Waals surface area (Å²) in [6.07, 6.45) is 2.75. The Morgan fingerprint density at radius 2 is 2.14 bits per heavy atom. The minimum atomic E-state index is -0.242. The smallest absolute Gasteiger partial charge is 0.309 e. The van der Waals surface area contributed by atoms with E-state index in [0.717, 1.165) is 12.8 Å². The summed E-state index contributed by atoms with van der Waals surface area (Å²) in [5.74, 6) is 1.13. The van der Waals surface area contributed by atoms with E-state index in [1.54, 1.807) is 0 Å². The molecule has 0 N–H and O–H groups in total. The quantitative estimate of drug-likeness (QED) is 0.551. The van der Waals surface area contributed by atoms with Crippen molar-refractivity contribution in [3.05, 3.63) is 0 Å². The molecule has 2 heterocycles. The van der Waals surface area contributed by atoms with E-state index >= 15 is 0 Å². The fourth-order valence-corrected chi connectivity index (χ4v) is 3.28. The third-order valence-electron chi connectivity index (χ3n) is 4.29. The van der Waals surface area contributed by atoms with Gasteiger partial charge >= 0.3 is 5.97 Å². The summed E-state index contributed by atoms with van der Waals surface area (Å²) in [5, 5.41) is 0. The van der Waals surface area contributed by atoms with Crippen LogP contribution in [0.15, 0.2) is 0 Å². The van der Waals surface area contributed by atoms with Crippen molar-refractivity contribution in [1.82, 2.24) is 0 Å². The van der Waals surface area contributed by atoms with Crippen LogP contribution in [0.3, 0.4) is 0 Å². The fraction of sp³-hybridized carbons (Fsp3) is 0.909. The molecule has 2 aliphatic heterocycles. The number of ether oxygens (including phenoxy) is 2. The summed E-state index contributed by atoms with van der Waals surface area (Å²) in [6.45, 7) is 4.47. The topological polar surface area (TPSA) is 35.5 Å². The van der Waals surface area contributed by atoms with Crippen molar-refractivity contribution in [2.24, 2.45) is 11.8 Å². The lowest BCUT2D eigenvalue weighted by Gasteiger charge is -2.36. The number of carbonyl (C=O) groups excluding carboxylic acids is 1. The lowest BCUT2D eigenvalue weighted by molar-refractivity contribution is -0.151. The van der Waals surface area contributed by atoms with E-state index in [1.165, 1.54) is 0 Å². The van der Waals surface area contributed by atoms with Crippen LogP contribution in [0, 0.1) is 11.8 Å².